The van der Waals surface area contributed by atoms with E-state index >= 15 is 0 Å². The quantitative estimate of drug-likeness (QED) is 0.371. The van der Waals surface area contributed by atoms with E-state index in [1.54, 1.807) is 24.3 Å². The molecule has 1 aliphatic carbocycles. The molecule has 31 heavy (non-hydrogen) atoms. The van der Waals surface area contributed by atoms with E-state index in [4.69, 9.17) is 16.3 Å². The Balaban J connectivity index is 1.30. The first-order valence-electron chi connectivity index (χ1n) is 9.89. The second-order valence-corrected chi connectivity index (χ2v) is 9.51. The van der Waals surface area contributed by atoms with Crippen molar-refractivity contribution in [1.29, 1.82) is 5.26 Å². The molecule has 0 spiro atoms. The summed E-state index contributed by atoms with van der Waals surface area (Å²) < 4.78 is 5.63. The molecule has 2 N–H and O–H groups in total. The van der Waals surface area contributed by atoms with Gasteiger partial charge >= 0.3 is 0 Å². The van der Waals surface area contributed by atoms with Gasteiger partial charge in [-0.3, -0.25) is 9.89 Å². The van der Waals surface area contributed by atoms with Gasteiger partial charge in [-0.25, -0.2) is 4.98 Å². The lowest BCUT2D eigenvalue weighted by atomic mass is 10.1. The average molecular weight is 474 g/mol. The third-order valence-corrected chi connectivity index (χ3v) is 7.13. The lowest BCUT2D eigenvalue weighted by molar-refractivity contribution is -0.113. The van der Waals surface area contributed by atoms with Crippen LogP contribution in [0.4, 0.5) is 5.00 Å². The van der Waals surface area contributed by atoms with E-state index in [1.165, 1.54) is 34.4 Å². The Kier molecular flexibility index (Phi) is 7.12. The summed E-state index contributed by atoms with van der Waals surface area (Å²) >= 11 is 8.62. The molecule has 0 saturated carbocycles. The standard InChI is InChI=1S/C21H20ClN5O2S2/c22-13-6-8-14(9-7-13)29-11-18-24-21(27-26-18)30-12-19(28)25-20-16(10-23)15-4-2-1-3-5-17(15)31-20/h6-9H,1-5,11-12H2,(H,25,28)(H,24,26,27). The van der Waals surface area contributed by atoms with Gasteiger partial charge in [0, 0.05) is 9.90 Å². The fourth-order valence-corrected chi connectivity index (χ4v) is 5.33. The maximum absolute atomic E-state index is 12.4. The Morgan fingerprint density at radius 2 is 2.10 bits per heavy atom. The largest absolute Gasteiger partial charge is 0.486 e. The third kappa shape index (κ3) is 5.58. The molecule has 2 heterocycles. The number of carbonyl (C=O) groups excluding carboxylic acids is 1. The highest BCUT2D eigenvalue weighted by Gasteiger charge is 2.21. The maximum atomic E-state index is 12.4. The molecule has 0 fully saturated rings. The van der Waals surface area contributed by atoms with Crippen molar-refractivity contribution in [3.63, 3.8) is 0 Å². The lowest BCUT2D eigenvalue weighted by Crippen LogP contribution is -2.14. The number of aryl methyl sites for hydroxylation is 1. The number of hydrogen-bond acceptors (Lipinski definition) is 7. The van der Waals surface area contributed by atoms with Crippen molar-refractivity contribution in [2.24, 2.45) is 0 Å². The summed E-state index contributed by atoms with van der Waals surface area (Å²) in [6.45, 7) is 0.230. The SMILES string of the molecule is N#Cc1c(NC(=O)CSc2n[nH]c(COc3ccc(Cl)cc3)n2)sc2c1CCCCC2. The van der Waals surface area contributed by atoms with Gasteiger partial charge in [-0.15, -0.1) is 16.4 Å². The van der Waals surface area contributed by atoms with Crippen LogP contribution in [0, 0.1) is 11.3 Å². The van der Waals surface area contributed by atoms with Gasteiger partial charge in [0.15, 0.2) is 5.82 Å². The molecule has 7 nitrogen and oxygen atoms in total. The van der Waals surface area contributed by atoms with Crippen LogP contribution in [-0.2, 0) is 24.2 Å². The van der Waals surface area contributed by atoms with Gasteiger partial charge in [-0.05, 0) is 55.5 Å². The van der Waals surface area contributed by atoms with Crippen molar-refractivity contribution in [3.8, 4) is 11.8 Å². The van der Waals surface area contributed by atoms with E-state index in [0.29, 0.717) is 32.3 Å². The van der Waals surface area contributed by atoms with E-state index in [-0.39, 0.29) is 18.3 Å². The number of amides is 1. The van der Waals surface area contributed by atoms with E-state index in [9.17, 15) is 10.1 Å². The summed E-state index contributed by atoms with van der Waals surface area (Å²) in [4.78, 5) is 18.0. The molecule has 0 bridgehead atoms. The number of anilines is 1. The van der Waals surface area contributed by atoms with Crippen molar-refractivity contribution in [1.82, 2.24) is 15.2 Å². The van der Waals surface area contributed by atoms with E-state index in [2.05, 4.69) is 26.6 Å². The molecule has 1 amide bonds. The van der Waals surface area contributed by atoms with Crippen molar-refractivity contribution < 1.29 is 9.53 Å². The number of thiophene rings is 1. The van der Waals surface area contributed by atoms with Gasteiger partial charge in [0.05, 0.1) is 11.3 Å². The normalized spacial score (nSPS) is 13.2. The van der Waals surface area contributed by atoms with Crippen LogP contribution in [0.25, 0.3) is 0 Å². The highest BCUT2D eigenvalue weighted by atomic mass is 35.5. The number of halogens is 1. The molecule has 3 aromatic rings. The Labute approximate surface area is 193 Å². The fourth-order valence-electron chi connectivity index (χ4n) is 3.33. The number of thioether (sulfide) groups is 1. The molecule has 0 atom stereocenters. The van der Waals surface area contributed by atoms with Crippen LogP contribution in [0.5, 0.6) is 5.75 Å². The lowest BCUT2D eigenvalue weighted by Gasteiger charge is -2.03. The molecule has 0 unspecified atom stereocenters. The van der Waals surface area contributed by atoms with Crippen LogP contribution >= 0.6 is 34.7 Å². The molecule has 160 valence electrons. The Morgan fingerprint density at radius 1 is 1.29 bits per heavy atom. The molecule has 1 aliphatic rings. The number of hydrogen-bond donors (Lipinski definition) is 2. The van der Waals surface area contributed by atoms with E-state index in [1.807, 2.05) is 0 Å². The molecular formula is C21H20ClN5O2S2. The topological polar surface area (TPSA) is 104 Å². The highest BCUT2D eigenvalue weighted by molar-refractivity contribution is 7.99. The van der Waals surface area contributed by atoms with Crippen LogP contribution in [0.3, 0.4) is 0 Å². The summed E-state index contributed by atoms with van der Waals surface area (Å²) in [5, 5.41) is 21.2. The van der Waals surface area contributed by atoms with Crippen LogP contribution in [0.2, 0.25) is 5.02 Å². The maximum Gasteiger partial charge on any atom is 0.235 e. The number of carbonyl (C=O) groups is 1. The zero-order valence-corrected chi connectivity index (χ0v) is 19.0. The van der Waals surface area contributed by atoms with Gasteiger partial charge in [0.2, 0.25) is 11.1 Å². The Hall–Kier alpha value is -2.54. The number of benzene rings is 1. The van der Waals surface area contributed by atoms with Gasteiger partial charge < -0.3 is 10.1 Å². The minimum absolute atomic E-state index is 0.156. The Morgan fingerprint density at radius 3 is 2.90 bits per heavy atom. The van der Waals surface area contributed by atoms with Crippen molar-refractivity contribution in [3.05, 3.63) is 51.1 Å². The predicted octanol–water partition coefficient (Wildman–Crippen LogP) is 4.97. The van der Waals surface area contributed by atoms with Crippen molar-refractivity contribution in [2.45, 2.75) is 43.9 Å². The summed E-state index contributed by atoms with van der Waals surface area (Å²) in [5.41, 5.74) is 1.74. The molecule has 0 radical (unpaired) electrons. The molecule has 2 aromatic heterocycles. The van der Waals surface area contributed by atoms with E-state index in [0.717, 1.165) is 31.2 Å². The summed E-state index contributed by atoms with van der Waals surface area (Å²) in [6.07, 6.45) is 5.32. The first kappa shape index (κ1) is 21.7. The number of aromatic nitrogens is 3. The number of rotatable bonds is 7. The van der Waals surface area contributed by atoms with Crippen LogP contribution in [0.1, 0.15) is 41.1 Å². The minimum Gasteiger partial charge on any atom is -0.486 e. The molecule has 0 saturated heterocycles. The predicted molar refractivity (Wildman–Crippen MR) is 122 cm³/mol. The van der Waals surface area contributed by atoms with Crippen LogP contribution in [-0.4, -0.2) is 26.8 Å². The minimum atomic E-state index is -0.179. The third-order valence-electron chi connectivity index (χ3n) is 4.82. The van der Waals surface area contributed by atoms with E-state index < -0.39 is 0 Å². The zero-order chi connectivity index (χ0) is 21.6. The van der Waals surface area contributed by atoms with Gasteiger partial charge in [-0.2, -0.15) is 5.26 Å². The molecule has 1 aromatic carbocycles. The fraction of sp³-hybridized carbons (Fsp3) is 0.333. The second kappa shape index (κ2) is 10.2. The summed E-state index contributed by atoms with van der Waals surface area (Å²) in [6, 6.07) is 9.34. The second-order valence-electron chi connectivity index (χ2n) is 7.02. The number of nitrogens with one attached hydrogen (secondary N) is 2. The summed E-state index contributed by atoms with van der Waals surface area (Å²) in [7, 11) is 0. The number of nitrogens with zero attached hydrogens (tertiary/aromatic N) is 3. The summed E-state index contributed by atoms with van der Waals surface area (Å²) in [5.74, 6) is 1.22. The van der Waals surface area contributed by atoms with Gasteiger partial charge in [0.1, 0.15) is 23.4 Å². The number of H-pyrrole nitrogens is 1. The number of ether oxygens (including phenoxy) is 1. The first-order valence-corrected chi connectivity index (χ1v) is 12.1. The van der Waals surface area contributed by atoms with Crippen molar-refractivity contribution >= 4 is 45.6 Å². The number of fused-ring (bicyclic) bond motifs is 1. The van der Waals surface area contributed by atoms with Crippen LogP contribution < -0.4 is 10.1 Å². The van der Waals surface area contributed by atoms with Crippen LogP contribution in [0.15, 0.2) is 29.4 Å². The smallest absolute Gasteiger partial charge is 0.235 e. The monoisotopic (exact) mass is 473 g/mol. The molecule has 10 heteroatoms. The Bertz CT molecular complexity index is 1100. The van der Waals surface area contributed by atoms with Gasteiger partial charge in [-0.1, -0.05) is 29.8 Å². The average Bonchev–Trinajstić information content (AvgIpc) is 3.28. The molecule has 4 rings (SSSR count). The number of nitriles is 1. The molecular weight excluding hydrogens is 454 g/mol. The van der Waals surface area contributed by atoms with Gasteiger partial charge in [0.25, 0.3) is 0 Å². The molecule has 0 aliphatic heterocycles. The van der Waals surface area contributed by atoms with Crippen molar-refractivity contribution in [2.75, 3.05) is 11.1 Å². The zero-order valence-electron chi connectivity index (χ0n) is 16.6. The highest BCUT2D eigenvalue weighted by Crippen LogP contribution is 2.37. The number of aromatic amines is 1. The first-order chi connectivity index (χ1) is 15.1.